The van der Waals surface area contributed by atoms with Crippen molar-refractivity contribution in [3.63, 3.8) is 0 Å². The Morgan fingerprint density at radius 2 is 2.10 bits per heavy atom. The lowest BCUT2D eigenvalue weighted by atomic mass is 10.2. The Hall–Kier alpha value is -1.92. The molecule has 0 atom stereocenters. The van der Waals surface area contributed by atoms with Gasteiger partial charge in [-0.1, -0.05) is 0 Å². The average Bonchev–Trinajstić information content (AvgIpc) is 2.88. The summed E-state index contributed by atoms with van der Waals surface area (Å²) in [7, 11) is 0. The van der Waals surface area contributed by atoms with Crippen LogP contribution in [0.2, 0.25) is 0 Å². The molecule has 0 spiro atoms. The molecule has 0 aliphatic carbocycles. The van der Waals surface area contributed by atoms with E-state index in [-0.39, 0.29) is 5.91 Å². The number of nitrogens with zero attached hydrogens (tertiary/aromatic N) is 1. The first kappa shape index (κ1) is 15.5. The van der Waals surface area contributed by atoms with Crippen molar-refractivity contribution in [2.24, 2.45) is 5.73 Å². The van der Waals surface area contributed by atoms with Gasteiger partial charge < -0.3 is 15.8 Å². The summed E-state index contributed by atoms with van der Waals surface area (Å²) in [6, 6.07) is 7.71. The van der Waals surface area contributed by atoms with E-state index in [9.17, 15) is 4.79 Å². The van der Waals surface area contributed by atoms with Crippen LogP contribution in [0.25, 0.3) is 10.6 Å². The summed E-state index contributed by atoms with van der Waals surface area (Å²) in [5.41, 5.74) is 7.10. The number of nitrogens with two attached hydrogens (primary N) is 1. The van der Waals surface area contributed by atoms with Gasteiger partial charge in [-0.15, -0.1) is 11.3 Å². The maximum absolute atomic E-state index is 12.0. The zero-order valence-electron chi connectivity index (χ0n) is 12.2. The Balaban J connectivity index is 2.19. The Morgan fingerprint density at radius 1 is 1.38 bits per heavy atom. The summed E-state index contributed by atoms with van der Waals surface area (Å²) >= 11 is 1.39. The topological polar surface area (TPSA) is 77.2 Å². The van der Waals surface area contributed by atoms with E-state index >= 15 is 0 Å². The van der Waals surface area contributed by atoms with Crippen LogP contribution in [-0.2, 0) is 0 Å². The number of amides is 1. The summed E-state index contributed by atoms with van der Waals surface area (Å²) in [6.07, 6.45) is 0. The van der Waals surface area contributed by atoms with E-state index in [2.05, 4.69) is 10.3 Å². The van der Waals surface area contributed by atoms with E-state index in [0.717, 1.165) is 22.0 Å². The van der Waals surface area contributed by atoms with Gasteiger partial charge in [-0.25, -0.2) is 4.98 Å². The van der Waals surface area contributed by atoms with Gasteiger partial charge >= 0.3 is 0 Å². The predicted molar refractivity (Wildman–Crippen MR) is 84.8 cm³/mol. The largest absolute Gasteiger partial charge is 0.494 e. The molecule has 0 saturated carbocycles. The first-order valence-electron chi connectivity index (χ1n) is 6.84. The molecule has 1 heterocycles. The highest BCUT2D eigenvalue weighted by Crippen LogP contribution is 2.29. The number of carbonyl (C=O) groups excluding carboxylic acids is 1. The number of aromatic nitrogens is 1. The second-order valence-corrected chi connectivity index (χ2v) is 5.43. The van der Waals surface area contributed by atoms with Gasteiger partial charge in [-0.3, -0.25) is 4.79 Å². The molecule has 3 N–H and O–H groups in total. The molecule has 0 aliphatic heterocycles. The lowest BCUT2D eigenvalue weighted by molar-refractivity contribution is 0.0958. The van der Waals surface area contributed by atoms with Crippen LogP contribution in [0.15, 0.2) is 24.3 Å². The van der Waals surface area contributed by atoms with Crippen LogP contribution >= 0.6 is 11.3 Å². The van der Waals surface area contributed by atoms with Gasteiger partial charge in [-0.2, -0.15) is 0 Å². The molecule has 1 aromatic carbocycles. The van der Waals surface area contributed by atoms with Crippen LogP contribution in [0.3, 0.4) is 0 Å². The van der Waals surface area contributed by atoms with Crippen LogP contribution in [0.1, 0.15) is 22.3 Å². The van der Waals surface area contributed by atoms with E-state index in [1.165, 1.54) is 11.3 Å². The quantitative estimate of drug-likeness (QED) is 0.858. The molecule has 0 saturated heterocycles. The fourth-order valence-corrected chi connectivity index (χ4v) is 2.85. The zero-order chi connectivity index (χ0) is 15.2. The monoisotopic (exact) mass is 305 g/mol. The highest BCUT2D eigenvalue weighted by Gasteiger charge is 2.15. The number of hydrogen-bond donors (Lipinski definition) is 2. The van der Waals surface area contributed by atoms with E-state index in [1.54, 1.807) is 0 Å². The summed E-state index contributed by atoms with van der Waals surface area (Å²) in [5, 5.41) is 3.59. The lowest BCUT2D eigenvalue weighted by Gasteiger charge is -2.03. The molecule has 0 aliphatic rings. The Labute approximate surface area is 128 Å². The van der Waals surface area contributed by atoms with Crippen molar-refractivity contribution in [3.05, 3.63) is 34.8 Å². The van der Waals surface area contributed by atoms with Crippen molar-refractivity contribution in [2.45, 2.75) is 13.8 Å². The highest BCUT2D eigenvalue weighted by molar-refractivity contribution is 7.17. The van der Waals surface area contributed by atoms with Gasteiger partial charge in [0, 0.05) is 18.7 Å². The van der Waals surface area contributed by atoms with Crippen LogP contribution in [0.5, 0.6) is 5.75 Å². The fraction of sp³-hybridized carbons (Fsp3) is 0.333. The number of ether oxygens (including phenoxy) is 1. The number of hydrogen-bond acceptors (Lipinski definition) is 5. The molecule has 6 heteroatoms. The number of nitrogens with one attached hydrogen (secondary N) is 1. The molecule has 0 fully saturated rings. The molecule has 0 bridgehead atoms. The summed E-state index contributed by atoms with van der Waals surface area (Å²) in [4.78, 5) is 17.1. The van der Waals surface area contributed by atoms with Crippen molar-refractivity contribution in [2.75, 3.05) is 19.7 Å². The fourth-order valence-electron chi connectivity index (χ4n) is 1.86. The maximum atomic E-state index is 12.0. The number of aryl methyl sites for hydroxylation is 1. The third-order valence-corrected chi connectivity index (χ3v) is 4.05. The molecule has 2 aromatic rings. The van der Waals surface area contributed by atoms with Gasteiger partial charge in [0.15, 0.2) is 0 Å². The van der Waals surface area contributed by atoms with Crippen LogP contribution < -0.4 is 15.8 Å². The summed E-state index contributed by atoms with van der Waals surface area (Å²) < 4.78 is 5.42. The summed E-state index contributed by atoms with van der Waals surface area (Å²) in [6.45, 7) is 5.32. The Morgan fingerprint density at radius 3 is 2.71 bits per heavy atom. The zero-order valence-corrected chi connectivity index (χ0v) is 13.0. The minimum Gasteiger partial charge on any atom is -0.494 e. The minimum absolute atomic E-state index is 0.118. The first-order valence-corrected chi connectivity index (χ1v) is 7.66. The van der Waals surface area contributed by atoms with E-state index < -0.39 is 0 Å². The molecule has 21 heavy (non-hydrogen) atoms. The van der Waals surface area contributed by atoms with E-state index in [1.807, 2.05) is 38.1 Å². The van der Waals surface area contributed by atoms with Crippen molar-refractivity contribution in [1.29, 1.82) is 0 Å². The number of benzene rings is 1. The lowest BCUT2D eigenvalue weighted by Crippen LogP contribution is -2.28. The van der Waals surface area contributed by atoms with Crippen LogP contribution in [-0.4, -0.2) is 30.6 Å². The normalized spacial score (nSPS) is 10.4. The minimum atomic E-state index is -0.118. The molecule has 1 amide bonds. The third kappa shape index (κ3) is 3.80. The molecular weight excluding hydrogens is 286 g/mol. The second-order valence-electron chi connectivity index (χ2n) is 4.44. The van der Waals surface area contributed by atoms with Gasteiger partial charge in [0.1, 0.15) is 15.6 Å². The molecule has 0 unspecified atom stereocenters. The Kier molecular flexibility index (Phi) is 5.30. The number of thiazole rings is 1. The van der Waals surface area contributed by atoms with Gasteiger partial charge in [0.2, 0.25) is 0 Å². The molecule has 1 aromatic heterocycles. The van der Waals surface area contributed by atoms with Crippen LogP contribution in [0, 0.1) is 6.92 Å². The van der Waals surface area contributed by atoms with E-state index in [0.29, 0.717) is 24.6 Å². The Bertz CT molecular complexity index is 608. The average molecular weight is 305 g/mol. The molecule has 5 nitrogen and oxygen atoms in total. The molecule has 0 radical (unpaired) electrons. The highest BCUT2D eigenvalue weighted by atomic mass is 32.1. The van der Waals surface area contributed by atoms with Crippen molar-refractivity contribution in [3.8, 4) is 16.3 Å². The number of rotatable bonds is 6. The molecular formula is C15H19N3O2S. The predicted octanol–water partition coefficient (Wildman–Crippen LogP) is 2.21. The smallest absolute Gasteiger partial charge is 0.263 e. The van der Waals surface area contributed by atoms with Crippen molar-refractivity contribution >= 4 is 17.2 Å². The molecule has 2 rings (SSSR count). The maximum Gasteiger partial charge on any atom is 0.263 e. The molecule has 112 valence electrons. The summed E-state index contributed by atoms with van der Waals surface area (Å²) in [5.74, 6) is 0.711. The van der Waals surface area contributed by atoms with Crippen LogP contribution in [0.4, 0.5) is 0 Å². The standard InChI is InChI=1S/C15H19N3O2S/c1-3-20-12-6-4-11(5-7-12)15-18-10(2)13(21-15)14(19)17-9-8-16/h4-7H,3,8-9,16H2,1-2H3,(H,17,19). The first-order chi connectivity index (χ1) is 10.2. The third-order valence-electron chi connectivity index (χ3n) is 2.84. The number of carbonyl (C=O) groups is 1. The van der Waals surface area contributed by atoms with Gasteiger partial charge in [-0.05, 0) is 38.1 Å². The SMILES string of the molecule is CCOc1ccc(-c2nc(C)c(C(=O)NCCN)s2)cc1. The van der Waals surface area contributed by atoms with E-state index in [4.69, 9.17) is 10.5 Å². The van der Waals surface area contributed by atoms with Gasteiger partial charge in [0.05, 0.1) is 12.3 Å². The second kappa shape index (κ2) is 7.19. The van der Waals surface area contributed by atoms with Crippen molar-refractivity contribution < 1.29 is 9.53 Å². The van der Waals surface area contributed by atoms with Gasteiger partial charge in [0.25, 0.3) is 5.91 Å². The van der Waals surface area contributed by atoms with Crippen molar-refractivity contribution in [1.82, 2.24) is 10.3 Å².